The molecule has 0 saturated heterocycles. The van der Waals surface area contributed by atoms with Gasteiger partial charge in [0.15, 0.2) is 0 Å². The summed E-state index contributed by atoms with van der Waals surface area (Å²) in [5.41, 5.74) is 0. The molecule has 200 valence electrons. The summed E-state index contributed by atoms with van der Waals surface area (Å²) in [5, 5.41) is 10.2. The molecule has 0 bridgehead atoms. The van der Waals surface area contributed by atoms with Crippen LogP contribution in [0, 0.1) is 0 Å². The van der Waals surface area contributed by atoms with Crippen LogP contribution in [0.25, 0.3) is 0 Å². The normalized spacial score (nSPS) is 14.9. The average Bonchev–Trinajstić information content (AvgIpc) is 2.75. The van der Waals surface area contributed by atoms with E-state index in [2.05, 4.69) is 25.0 Å². The van der Waals surface area contributed by atoms with Gasteiger partial charge < -0.3 is 9.84 Å². The molecule has 0 aromatic carbocycles. The van der Waals surface area contributed by atoms with Gasteiger partial charge in [0.05, 0.1) is 24.9 Å². The zero-order chi connectivity index (χ0) is 24.8. The molecular formula is C26H54O6S. The lowest BCUT2D eigenvalue weighted by Crippen LogP contribution is -2.28. The van der Waals surface area contributed by atoms with Gasteiger partial charge in [0, 0.05) is 6.42 Å². The van der Waals surface area contributed by atoms with Crippen LogP contribution in [0.15, 0.2) is 0 Å². The van der Waals surface area contributed by atoms with Crippen LogP contribution in [-0.2, 0) is 19.3 Å². The molecule has 0 spiro atoms. The Bertz CT molecular complexity index is 511. The third kappa shape index (κ3) is 24.7. The van der Waals surface area contributed by atoms with Gasteiger partial charge in [-0.2, -0.15) is 8.42 Å². The van der Waals surface area contributed by atoms with E-state index in [-0.39, 0.29) is 12.2 Å². The van der Waals surface area contributed by atoms with E-state index >= 15 is 0 Å². The molecule has 0 aliphatic carbocycles. The van der Waals surface area contributed by atoms with E-state index in [1.54, 1.807) is 0 Å². The first-order valence-corrected chi connectivity index (χ1v) is 15.1. The van der Waals surface area contributed by atoms with E-state index in [1.165, 1.54) is 83.5 Å². The zero-order valence-corrected chi connectivity index (χ0v) is 22.6. The maximum atomic E-state index is 10.8. The molecule has 0 aliphatic heterocycles. The Morgan fingerprint density at radius 1 is 0.697 bits per heavy atom. The molecule has 6 nitrogen and oxygen atoms in total. The van der Waals surface area contributed by atoms with Crippen molar-refractivity contribution in [2.24, 2.45) is 0 Å². The van der Waals surface area contributed by atoms with Crippen LogP contribution in [0.4, 0.5) is 0 Å². The minimum atomic E-state index is -4.54. The second-order valence-corrected chi connectivity index (χ2v) is 10.8. The molecule has 33 heavy (non-hydrogen) atoms. The van der Waals surface area contributed by atoms with Crippen LogP contribution in [0.1, 0.15) is 143 Å². The lowest BCUT2D eigenvalue weighted by atomic mass is 10.0. The van der Waals surface area contributed by atoms with Crippen LogP contribution in [0.5, 0.6) is 0 Å². The standard InChI is InChI=1S/C26H54O6S/c1-4-6-8-10-12-14-16-18-20-24(3)32-26(22-25(27)23-31-33(28,29)30)21-19-17-15-13-11-9-7-5-2/h24-27H,4-23H2,1-3H3,(H,28,29,30). The number of rotatable bonds is 25. The Balaban J connectivity index is 4.24. The lowest BCUT2D eigenvalue weighted by molar-refractivity contribution is -0.0430. The molecule has 0 amide bonds. The molecule has 0 radical (unpaired) electrons. The van der Waals surface area contributed by atoms with Crippen LogP contribution in [0.2, 0.25) is 0 Å². The molecule has 3 atom stereocenters. The minimum Gasteiger partial charge on any atom is -0.391 e. The first kappa shape index (κ1) is 32.8. The first-order chi connectivity index (χ1) is 15.8. The molecule has 2 N–H and O–H groups in total. The Morgan fingerprint density at radius 3 is 1.58 bits per heavy atom. The molecule has 7 heteroatoms. The Morgan fingerprint density at radius 2 is 1.12 bits per heavy atom. The summed E-state index contributed by atoms with van der Waals surface area (Å²) in [4.78, 5) is 0. The summed E-state index contributed by atoms with van der Waals surface area (Å²) in [6.07, 6.45) is 21.3. The van der Waals surface area contributed by atoms with Crippen molar-refractivity contribution < 1.29 is 27.0 Å². The van der Waals surface area contributed by atoms with Gasteiger partial charge in [-0.05, 0) is 19.8 Å². The summed E-state index contributed by atoms with van der Waals surface area (Å²) >= 11 is 0. The second-order valence-electron chi connectivity index (χ2n) is 9.70. The highest BCUT2D eigenvalue weighted by molar-refractivity contribution is 7.80. The van der Waals surface area contributed by atoms with Crippen molar-refractivity contribution >= 4 is 10.4 Å². The van der Waals surface area contributed by atoms with Gasteiger partial charge >= 0.3 is 10.4 Å². The van der Waals surface area contributed by atoms with Gasteiger partial charge in [-0.3, -0.25) is 4.55 Å². The molecule has 0 aromatic rings. The fourth-order valence-corrected chi connectivity index (χ4v) is 4.57. The fraction of sp³-hybridized carbons (Fsp3) is 1.00. The Kier molecular flexibility index (Phi) is 22.1. The van der Waals surface area contributed by atoms with E-state index in [1.807, 2.05) is 0 Å². The van der Waals surface area contributed by atoms with E-state index in [0.717, 1.165) is 32.1 Å². The zero-order valence-electron chi connectivity index (χ0n) is 21.8. The minimum absolute atomic E-state index is 0.110. The van der Waals surface area contributed by atoms with Crippen molar-refractivity contribution in [2.75, 3.05) is 6.61 Å². The largest absolute Gasteiger partial charge is 0.397 e. The molecular weight excluding hydrogens is 440 g/mol. The molecule has 0 rings (SSSR count). The van der Waals surface area contributed by atoms with E-state index in [9.17, 15) is 13.5 Å². The molecule has 0 aliphatic rings. The predicted octanol–water partition coefficient (Wildman–Crippen LogP) is 7.39. The summed E-state index contributed by atoms with van der Waals surface area (Å²) < 4.78 is 40.9. The van der Waals surface area contributed by atoms with Gasteiger partial charge in [0.1, 0.15) is 0 Å². The topological polar surface area (TPSA) is 93.1 Å². The monoisotopic (exact) mass is 494 g/mol. The first-order valence-electron chi connectivity index (χ1n) is 13.7. The average molecular weight is 495 g/mol. The number of unbranched alkanes of at least 4 members (excludes halogenated alkanes) is 14. The van der Waals surface area contributed by atoms with Gasteiger partial charge in [-0.15, -0.1) is 0 Å². The highest BCUT2D eigenvalue weighted by atomic mass is 32.3. The number of ether oxygens (including phenoxy) is 1. The number of hydrogen-bond acceptors (Lipinski definition) is 5. The van der Waals surface area contributed by atoms with Crippen LogP contribution in [0.3, 0.4) is 0 Å². The van der Waals surface area contributed by atoms with Crippen LogP contribution in [-0.4, -0.2) is 43.0 Å². The summed E-state index contributed by atoms with van der Waals surface area (Å²) in [5.74, 6) is 0. The van der Waals surface area contributed by atoms with Crippen molar-refractivity contribution in [1.82, 2.24) is 0 Å². The summed E-state index contributed by atoms with van der Waals surface area (Å²) in [6, 6.07) is 0. The fourth-order valence-electron chi connectivity index (χ4n) is 4.25. The maximum Gasteiger partial charge on any atom is 0.397 e. The van der Waals surface area contributed by atoms with Crippen LogP contribution < -0.4 is 0 Å². The van der Waals surface area contributed by atoms with Crippen molar-refractivity contribution in [3.8, 4) is 0 Å². The summed E-state index contributed by atoms with van der Waals surface area (Å²) in [7, 11) is -4.54. The number of aliphatic hydroxyl groups excluding tert-OH is 1. The Labute approximate surface area is 205 Å². The summed E-state index contributed by atoms with van der Waals surface area (Å²) in [6.45, 7) is 6.11. The Hall–Kier alpha value is -0.210. The van der Waals surface area contributed by atoms with Gasteiger partial charge in [0.25, 0.3) is 0 Å². The molecule has 0 saturated carbocycles. The van der Waals surface area contributed by atoms with Crippen molar-refractivity contribution in [3.05, 3.63) is 0 Å². The third-order valence-electron chi connectivity index (χ3n) is 6.21. The predicted molar refractivity (Wildman–Crippen MR) is 137 cm³/mol. The number of aliphatic hydroxyl groups is 1. The van der Waals surface area contributed by atoms with Crippen molar-refractivity contribution in [1.29, 1.82) is 0 Å². The molecule has 0 heterocycles. The highest BCUT2D eigenvalue weighted by Crippen LogP contribution is 2.19. The van der Waals surface area contributed by atoms with Gasteiger partial charge in [-0.1, -0.05) is 117 Å². The smallest absolute Gasteiger partial charge is 0.391 e. The van der Waals surface area contributed by atoms with Crippen molar-refractivity contribution in [3.63, 3.8) is 0 Å². The maximum absolute atomic E-state index is 10.8. The van der Waals surface area contributed by atoms with E-state index < -0.39 is 23.1 Å². The molecule has 0 aromatic heterocycles. The third-order valence-corrected chi connectivity index (χ3v) is 6.65. The highest BCUT2D eigenvalue weighted by Gasteiger charge is 2.20. The second kappa shape index (κ2) is 22.3. The van der Waals surface area contributed by atoms with Gasteiger partial charge in [-0.25, -0.2) is 4.18 Å². The van der Waals surface area contributed by atoms with Crippen LogP contribution >= 0.6 is 0 Å². The molecule has 0 fully saturated rings. The quantitative estimate of drug-likeness (QED) is 0.101. The molecule has 3 unspecified atom stereocenters. The SMILES string of the molecule is CCCCCCCCCCC(C)OC(CCCCCCCCCC)CC(O)COS(=O)(=O)O. The van der Waals surface area contributed by atoms with Gasteiger partial charge in [0.2, 0.25) is 0 Å². The van der Waals surface area contributed by atoms with E-state index in [4.69, 9.17) is 9.29 Å². The lowest BCUT2D eigenvalue weighted by Gasteiger charge is -2.25. The number of hydrogen-bond donors (Lipinski definition) is 2. The van der Waals surface area contributed by atoms with Crippen molar-refractivity contribution in [2.45, 2.75) is 161 Å². The van der Waals surface area contributed by atoms with E-state index in [0.29, 0.717) is 6.42 Å².